The van der Waals surface area contributed by atoms with E-state index < -0.39 is 5.97 Å². The second-order valence-electron chi connectivity index (χ2n) is 3.52. The summed E-state index contributed by atoms with van der Waals surface area (Å²) in [5, 5.41) is 11.4. The van der Waals surface area contributed by atoms with Gasteiger partial charge in [-0.3, -0.25) is 9.59 Å². The lowest BCUT2D eigenvalue weighted by molar-refractivity contribution is -0.137. The molecule has 0 aromatic carbocycles. The van der Waals surface area contributed by atoms with Gasteiger partial charge in [0.2, 0.25) is 5.91 Å². The molecule has 1 heterocycles. The van der Waals surface area contributed by atoms with Gasteiger partial charge in [-0.05, 0) is 25.0 Å². The lowest BCUT2D eigenvalue weighted by Crippen LogP contribution is -2.11. The molecule has 0 unspecified atom stereocenters. The number of hydrogen-bond acceptors (Lipinski definition) is 3. The Morgan fingerprint density at radius 3 is 2.71 bits per heavy atom. The maximum Gasteiger partial charge on any atom is 0.303 e. The first-order valence-corrected chi connectivity index (χ1v) is 5.59. The van der Waals surface area contributed by atoms with Crippen LogP contribution in [0.3, 0.4) is 0 Å². The van der Waals surface area contributed by atoms with Crippen LogP contribution in [0.25, 0.3) is 0 Å². The molecule has 0 saturated carbocycles. The van der Waals surface area contributed by atoms with Crippen LogP contribution in [0.4, 0.5) is 5.69 Å². The number of pyridine rings is 1. The van der Waals surface area contributed by atoms with Gasteiger partial charge in [-0.25, -0.2) is 4.98 Å². The van der Waals surface area contributed by atoms with Crippen molar-refractivity contribution in [2.24, 2.45) is 0 Å². The van der Waals surface area contributed by atoms with Crippen LogP contribution >= 0.6 is 11.6 Å². The average Bonchev–Trinajstić information content (AvgIpc) is 2.24. The van der Waals surface area contributed by atoms with Crippen LogP contribution in [-0.2, 0) is 9.59 Å². The number of carboxylic acids is 1. The molecule has 0 atom stereocenters. The summed E-state index contributed by atoms with van der Waals surface area (Å²) in [6.45, 7) is 0. The van der Waals surface area contributed by atoms with E-state index in [1.807, 2.05) is 0 Å². The molecule has 0 aliphatic carbocycles. The highest BCUT2D eigenvalue weighted by atomic mass is 35.5. The van der Waals surface area contributed by atoms with Gasteiger partial charge in [0.1, 0.15) is 5.15 Å². The van der Waals surface area contributed by atoms with Crippen molar-refractivity contribution in [2.45, 2.75) is 25.7 Å². The van der Waals surface area contributed by atoms with Crippen molar-refractivity contribution in [3.63, 3.8) is 0 Å². The van der Waals surface area contributed by atoms with Crippen LogP contribution in [0.2, 0.25) is 5.15 Å². The van der Waals surface area contributed by atoms with Crippen molar-refractivity contribution >= 4 is 29.2 Å². The zero-order valence-corrected chi connectivity index (χ0v) is 9.91. The summed E-state index contributed by atoms with van der Waals surface area (Å²) in [6.07, 6.45) is 2.95. The Morgan fingerprint density at radius 2 is 2.06 bits per heavy atom. The lowest BCUT2D eigenvalue weighted by Gasteiger charge is -2.04. The number of aliphatic carboxylic acids is 1. The van der Waals surface area contributed by atoms with Gasteiger partial charge in [-0.15, -0.1) is 0 Å². The van der Waals surface area contributed by atoms with Gasteiger partial charge in [0.25, 0.3) is 0 Å². The molecule has 0 radical (unpaired) electrons. The van der Waals surface area contributed by atoms with Gasteiger partial charge in [0, 0.05) is 24.7 Å². The lowest BCUT2D eigenvalue weighted by atomic mass is 10.2. The molecule has 92 valence electrons. The second-order valence-corrected chi connectivity index (χ2v) is 3.90. The Hall–Kier alpha value is -1.62. The van der Waals surface area contributed by atoms with E-state index in [9.17, 15) is 9.59 Å². The van der Waals surface area contributed by atoms with Gasteiger partial charge in [-0.2, -0.15) is 0 Å². The van der Waals surface area contributed by atoms with Crippen LogP contribution in [0, 0.1) is 0 Å². The van der Waals surface area contributed by atoms with Crippen molar-refractivity contribution in [3.8, 4) is 0 Å². The standard InChI is InChI=1S/C11H13ClN2O3/c12-9-7-8(5-6-13-9)14-10(15)3-1-2-4-11(16)17/h5-7H,1-4H2,(H,16,17)(H,13,14,15). The zero-order chi connectivity index (χ0) is 12.7. The molecule has 1 aromatic rings. The van der Waals surface area contributed by atoms with Crippen LogP contribution in [0.1, 0.15) is 25.7 Å². The molecule has 5 nitrogen and oxygen atoms in total. The zero-order valence-electron chi connectivity index (χ0n) is 9.15. The minimum absolute atomic E-state index is 0.0916. The molecule has 0 fully saturated rings. The minimum atomic E-state index is -0.841. The predicted octanol–water partition coefficient (Wildman–Crippen LogP) is 2.32. The number of nitrogens with one attached hydrogen (secondary N) is 1. The molecule has 0 bridgehead atoms. The highest BCUT2D eigenvalue weighted by molar-refractivity contribution is 6.29. The van der Waals surface area contributed by atoms with Gasteiger partial charge in [0.15, 0.2) is 0 Å². The number of nitrogens with zero attached hydrogens (tertiary/aromatic N) is 1. The Morgan fingerprint density at radius 1 is 1.35 bits per heavy atom. The Labute approximate surface area is 104 Å². The Balaban J connectivity index is 2.27. The summed E-state index contributed by atoms with van der Waals surface area (Å²) in [7, 11) is 0. The molecule has 2 N–H and O–H groups in total. The highest BCUT2D eigenvalue weighted by Gasteiger charge is 2.04. The SMILES string of the molecule is O=C(O)CCCCC(=O)Nc1ccnc(Cl)c1. The minimum Gasteiger partial charge on any atom is -0.481 e. The number of hydrogen-bond donors (Lipinski definition) is 2. The van der Waals surface area contributed by atoms with E-state index >= 15 is 0 Å². The van der Waals surface area contributed by atoms with E-state index in [0.29, 0.717) is 30.1 Å². The number of anilines is 1. The third-order valence-corrected chi connectivity index (χ3v) is 2.26. The molecule has 6 heteroatoms. The first kappa shape index (κ1) is 13.4. The van der Waals surface area contributed by atoms with Gasteiger partial charge in [-0.1, -0.05) is 11.6 Å². The molecule has 0 spiro atoms. The molecule has 1 aromatic heterocycles. The number of carboxylic acid groups (broad SMARTS) is 1. The number of carbonyl (C=O) groups is 2. The summed E-state index contributed by atoms with van der Waals surface area (Å²) >= 11 is 5.66. The van der Waals surface area contributed by atoms with Crippen molar-refractivity contribution in [1.29, 1.82) is 0 Å². The van der Waals surface area contributed by atoms with Crippen molar-refractivity contribution in [3.05, 3.63) is 23.5 Å². The monoisotopic (exact) mass is 256 g/mol. The molecule has 0 saturated heterocycles. The molecular formula is C11H13ClN2O3. The summed E-state index contributed by atoms with van der Waals surface area (Å²) in [6, 6.07) is 3.19. The number of carbonyl (C=O) groups excluding carboxylic acids is 1. The summed E-state index contributed by atoms with van der Waals surface area (Å²) < 4.78 is 0. The van der Waals surface area contributed by atoms with Crippen molar-refractivity contribution in [1.82, 2.24) is 4.98 Å². The fourth-order valence-corrected chi connectivity index (χ4v) is 1.44. The third-order valence-electron chi connectivity index (χ3n) is 2.05. The molecule has 17 heavy (non-hydrogen) atoms. The predicted molar refractivity (Wildman–Crippen MR) is 64.0 cm³/mol. The fourth-order valence-electron chi connectivity index (χ4n) is 1.27. The van der Waals surface area contributed by atoms with E-state index in [4.69, 9.17) is 16.7 Å². The number of rotatable bonds is 6. The number of unbranched alkanes of at least 4 members (excludes halogenated alkanes) is 1. The molecular weight excluding hydrogens is 244 g/mol. The van der Waals surface area contributed by atoms with E-state index in [1.54, 1.807) is 12.1 Å². The van der Waals surface area contributed by atoms with E-state index in [2.05, 4.69) is 10.3 Å². The van der Waals surface area contributed by atoms with Crippen molar-refractivity contribution < 1.29 is 14.7 Å². The quantitative estimate of drug-likeness (QED) is 0.605. The molecule has 1 rings (SSSR count). The van der Waals surface area contributed by atoms with Gasteiger partial charge < -0.3 is 10.4 Å². The van der Waals surface area contributed by atoms with Gasteiger partial charge >= 0.3 is 5.97 Å². The smallest absolute Gasteiger partial charge is 0.303 e. The van der Waals surface area contributed by atoms with Crippen LogP contribution < -0.4 is 5.32 Å². The average molecular weight is 257 g/mol. The topological polar surface area (TPSA) is 79.3 Å². The Kier molecular flexibility index (Phi) is 5.42. The van der Waals surface area contributed by atoms with E-state index in [-0.39, 0.29) is 12.3 Å². The first-order valence-electron chi connectivity index (χ1n) is 5.21. The van der Waals surface area contributed by atoms with Crippen molar-refractivity contribution in [2.75, 3.05) is 5.32 Å². The molecule has 0 aliphatic rings. The van der Waals surface area contributed by atoms with E-state index in [0.717, 1.165) is 0 Å². The Bertz CT molecular complexity index is 409. The number of halogens is 1. The normalized spacial score (nSPS) is 9.94. The van der Waals surface area contributed by atoms with Gasteiger partial charge in [0.05, 0.1) is 0 Å². The largest absolute Gasteiger partial charge is 0.481 e. The summed E-state index contributed by atoms with van der Waals surface area (Å²) in [4.78, 5) is 25.5. The van der Waals surface area contributed by atoms with Crippen LogP contribution in [0.15, 0.2) is 18.3 Å². The second kappa shape index (κ2) is 6.85. The fraction of sp³-hybridized carbons (Fsp3) is 0.364. The maximum atomic E-state index is 11.4. The summed E-state index contributed by atoms with van der Waals surface area (Å²) in [5.41, 5.74) is 0.591. The number of aromatic nitrogens is 1. The molecule has 0 aliphatic heterocycles. The summed E-state index contributed by atoms with van der Waals surface area (Å²) in [5.74, 6) is -0.996. The number of amides is 1. The van der Waals surface area contributed by atoms with E-state index in [1.165, 1.54) is 6.20 Å². The first-order chi connectivity index (χ1) is 8.08. The third kappa shape index (κ3) is 5.87. The van der Waals surface area contributed by atoms with Crippen LogP contribution in [-0.4, -0.2) is 22.0 Å². The van der Waals surface area contributed by atoms with Crippen LogP contribution in [0.5, 0.6) is 0 Å². The maximum absolute atomic E-state index is 11.4. The highest BCUT2D eigenvalue weighted by Crippen LogP contribution is 2.12. The molecule has 1 amide bonds.